The van der Waals surface area contributed by atoms with Crippen LogP contribution in [0.15, 0.2) is 36.5 Å². The van der Waals surface area contributed by atoms with Crippen LogP contribution in [0.5, 0.6) is 0 Å². The summed E-state index contributed by atoms with van der Waals surface area (Å²) >= 11 is 0. The average molecular weight is 326 g/mol. The molecule has 1 aromatic carbocycles. The first-order valence-electron chi connectivity index (χ1n) is 7.74. The number of Topliss-reactive ketones (excluding diaryl/α,β-unsaturated/α-hetero) is 1. The van der Waals surface area contributed by atoms with Gasteiger partial charge in [0.2, 0.25) is 0 Å². The lowest BCUT2D eigenvalue weighted by atomic mass is 10.0. The lowest BCUT2D eigenvalue weighted by molar-refractivity contribution is 0.00639. The monoisotopic (exact) mass is 326 g/mol. The van der Waals surface area contributed by atoms with E-state index in [2.05, 4.69) is 4.98 Å². The Morgan fingerprint density at radius 2 is 1.92 bits per heavy atom. The average Bonchev–Trinajstić information content (AvgIpc) is 2.47. The minimum atomic E-state index is -0.640. The van der Waals surface area contributed by atoms with E-state index in [1.807, 2.05) is 25.1 Å². The first kappa shape index (κ1) is 17.7. The number of nitrogen functional groups attached to an aromatic ring is 1. The quantitative estimate of drug-likeness (QED) is 0.688. The van der Waals surface area contributed by atoms with Gasteiger partial charge < -0.3 is 10.5 Å². The largest absolute Gasteiger partial charge is 0.455 e. The lowest BCUT2D eigenvalue weighted by Gasteiger charge is -2.20. The molecule has 0 atom stereocenters. The van der Waals surface area contributed by atoms with Gasteiger partial charge in [0.25, 0.3) is 0 Å². The van der Waals surface area contributed by atoms with Crippen molar-refractivity contribution in [1.29, 1.82) is 0 Å². The second-order valence-corrected chi connectivity index (χ2v) is 6.70. The number of rotatable bonds is 4. The van der Waals surface area contributed by atoms with Crippen LogP contribution in [-0.4, -0.2) is 22.3 Å². The molecule has 0 fully saturated rings. The van der Waals surface area contributed by atoms with Gasteiger partial charge in [0.15, 0.2) is 11.5 Å². The molecule has 1 aromatic heterocycles. The summed E-state index contributed by atoms with van der Waals surface area (Å²) in [5.41, 5.74) is 7.83. The molecule has 5 heteroatoms. The van der Waals surface area contributed by atoms with Crippen molar-refractivity contribution >= 4 is 17.4 Å². The van der Waals surface area contributed by atoms with Crippen molar-refractivity contribution in [2.45, 2.75) is 39.7 Å². The molecule has 24 heavy (non-hydrogen) atoms. The molecule has 2 aromatic rings. The van der Waals surface area contributed by atoms with E-state index in [4.69, 9.17) is 10.5 Å². The van der Waals surface area contributed by atoms with Crippen LogP contribution in [0.2, 0.25) is 0 Å². The van der Waals surface area contributed by atoms with Gasteiger partial charge in [-0.2, -0.15) is 0 Å². The van der Waals surface area contributed by atoms with Gasteiger partial charge >= 0.3 is 5.97 Å². The fourth-order valence-electron chi connectivity index (χ4n) is 2.25. The number of carbonyl (C=O) groups excluding carboxylic acids is 2. The van der Waals surface area contributed by atoms with E-state index in [1.54, 1.807) is 32.9 Å². The number of benzene rings is 1. The molecule has 0 bridgehead atoms. The normalized spacial score (nSPS) is 11.2. The molecule has 0 saturated carbocycles. The Kier molecular flexibility index (Phi) is 5.02. The molecule has 0 spiro atoms. The highest BCUT2D eigenvalue weighted by molar-refractivity contribution is 6.00. The molecule has 0 aliphatic carbocycles. The van der Waals surface area contributed by atoms with Crippen LogP contribution in [0.25, 0.3) is 0 Å². The Morgan fingerprint density at radius 1 is 1.21 bits per heavy atom. The number of hydrogen-bond donors (Lipinski definition) is 1. The fourth-order valence-corrected chi connectivity index (χ4v) is 2.25. The highest BCUT2D eigenvalue weighted by Gasteiger charge is 2.22. The molecular weight excluding hydrogens is 304 g/mol. The van der Waals surface area contributed by atoms with Crippen molar-refractivity contribution in [2.24, 2.45) is 0 Å². The van der Waals surface area contributed by atoms with Crippen molar-refractivity contribution in [2.75, 3.05) is 5.73 Å². The van der Waals surface area contributed by atoms with Crippen molar-refractivity contribution in [3.63, 3.8) is 0 Å². The fraction of sp³-hybridized carbons (Fsp3) is 0.316. The van der Waals surface area contributed by atoms with E-state index < -0.39 is 11.6 Å². The minimum absolute atomic E-state index is 0.0412. The van der Waals surface area contributed by atoms with Gasteiger partial charge in [-0.05, 0) is 45.4 Å². The van der Waals surface area contributed by atoms with E-state index in [0.717, 1.165) is 5.56 Å². The summed E-state index contributed by atoms with van der Waals surface area (Å²) in [6.07, 6.45) is 1.57. The predicted molar refractivity (Wildman–Crippen MR) is 93.0 cm³/mol. The number of hydrogen-bond acceptors (Lipinski definition) is 5. The summed E-state index contributed by atoms with van der Waals surface area (Å²) < 4.78 is 5.30. The van der Waals surface area contributed by atoms with E-state index in [1.165, 1.54) is 6.20 Å². The zero-order chi connectivity index (χ0) is 17.9. The summed E-state index contributed by atoms with van der Waals surface area (Å²) in [5, 5.41) is 0. The SMILES string of the molecule is Cc1cccc(C(=O)Cc2ccnc(C(=O)OC(C)(C)C)c2N)c1. The van der Waals surface area contributed by atoms with Crippen LogP contribution in [0.4, 0.5) is 5.69 Å². The van der Waals surface area contributed by atoms with Crippen molar-refractivity contribution in [1.82, 2.24) is 4.98 Å². The van der Waals surface area contributed by atoms with Gasteiger partial charge in [0, 0.05) is 18.2 Å². The Balaban J connectivity index is 2.24. The standard InChI is InChI=1S/C19H22N2O3/c1-12-6-5-7-13(10-12)15(22)11-14-8-9-21-17(16(14)20)18(23)24-19(2,3)4/h5-10H,11,20H2,1-4H3. The molecule has 0 amide bonds. The molecular formula is C19H22N2O3. The second kappa shape index (κ2) is 6.83. The van der Waals surface area contributed by atoms with Gasteiger partial charge in [-0.1, -0.05) is 23.8 Å². The van der Waals surface area contributed by atoms with E-state index in [9.17, 15) is 9.59 Å². The first-order chi connectivity index (χ1) is 11.2. The number of carbonyl (C=O) groups is 2. The van der Waals surface area contributed by atoms with Crippen LogP contribution in [0.1, 0.15) is 52.7 Å². The Labute approximate surface area is 141 Å². The number of ether oxygens (including phenoxy) is 1. The summed E-state index contributed by atoms with van der Waals surface area (Å²) in [5.74, 6) is -0.656. The second-order valence-electron chi connectivity index (χ2n) is 6.70. The third-order valence-corrected chi connectivity index (χ3v) is 3.36. The highest BCUT2D eigenvalue weighted by Crippen LogP contribution is 2.21. The number of pyridine rings is 1. The number of anilines is 1. The topological polar surface area (TPSA) is 82.3 Å². The van der Waals surface area contributed by atoms with Crippen LogP contribution < -0.4 is 5.73 Å². The van der Waals surface area contributed by atoms with Crippen LogP contribution in [-0.2, 0) is 11.2 Å². The molecule has 0 aliphatic rings. The van der Waals surface area contributed by atoms with Crippen LogP contribution >= 0.6 is 0 Å². The maximum atomic E-state index is 12.4. The Morgan fingerprint density at radius 3 is 2.54 bits per heavy atom. The van der Waals surface area contributed by atoms with Gasteiger partial charge in [-0.25, -0.2) is 9.78 Å². The van der Waals surface area contributed by atoms with E-state index in [0.29, 0.717) is 11.1 Å². The third-order valence-electron chi connectivity index (χ3n) is 3.36. The maximum Gasteiger partial charge on any atom is 0.359 e. The molecule has 2 N–H and O–H groups in total. The Hall–Kier alpha value is -2.69. The van der Waals surface area contributed by atoms with Gasteiger partial charge in [-0.15, -0.1) is 0 Å². The van der Waals surface area contributed by atoms with Crippen molar-refractivity contribution < 1.29 is 14.3 Å². The molecule has 0 saturated heterocycles. The number of aromatic nitrogens is 1. The zero-order valence-electron chi connectivity index (χ0n) is 14.4. The smallest absolute Gasteiger partial charge is 0.359 e. The number of nitrogens with two attached hydrogens (primary N) is 1. The zero-order valence-corrected chi connectivity index (χ0v) is 14.4. The highest BCUT2D eigenvalue weighted by atomic mass is 16.6. The number of nitrogens with zero attached hydrogens (tertiary/aromatic N) is 1. The van der Waals surface area contributed by atoms with Gasteiger partial charge in [0.05, 0.1) is 5.69 Å². The van der Waals surface area contributed by atoms with Crippen molar-refractivity contribution in [3.8, 4) is 0 Å². The molecule has 126 valence electrons. The third kappa shape index (κ3) is 4.41. The molecule has 0 radical (unpaired) electrons. The van der Waals surface area contributed by atoms with Gasteiger partial charge in [-0.3, -0.25) is 4.79 Å². The van der Waals surface area contributed by atoms with E-state index in [-0.39, 0.29) is 23.6 Å². The summed E-state index contributed by atoms with van der Waals surface area (Å²) in [7, 11) is 0. The van der Waals surface area contributed by atoms with E-state index >= 15 is 0 Å². The minimum Gasteiger partial charge on any atom is -0.455 e. The lowest BCUT2D eigenvalue weighted by Crippen LogP contribution is -2.25. The van der Waals surface area contributed by atoms with Crippen LogP contribution in [0.3, 0.4) is 0 Å². The molecule has 1 heterocycles. The van der Waals surface area contributed by atoms with Crippen molar-refractivity contribution in [3.05, 3.63) is 58.9 Å². The summed E-state index contributed by atoms with van der Waals surface area (Å²) in [6, 6.07) is 9.01. The predicted octanol–water partition coefficient (Wildman–Crippen LogP) is 3.35. The molecule has 2 rings (SSSR count). The molecule has 5 nitrogen and oxygen atoms in total. The summed E-state index contributed by atoms with van der Waals surface area (Å²) in [6.45, 7) is 7.24. The maximum absolute atomic E-state index is 12.4. The number of esters is 1. The number of ketones is 1. The van der Waals surface area contributed by atoms with Gasteiger partial charge in [0.1, 0.15) is 5.60 Å². The van der Waals surface area contributed by atoms with Crippen LogP contribution in [0, 0.1) is 6.92 Å². The Bertz CT molecular complexity index is 776. The molecule has 0 unspecified atom stereocenters. The summed E-state index contributed by atoms with van der Waals surface area (Å²) in [4.78, 5) is 28.6. The first-order valence-corrected chi connectivity index (χ1v) is 7.74. The number of aryl methyl sites for hydroxylation is 1. The molecule has 0 aliphatic heterocycles.